The first-order valence-electron chi connectivity index (χ1n) is 9.46. The van der Waals surface area contributed by atoms with Crippen LogP contribution in [0.15, 0.2) is 30.3 Å². The number of aldehydes is 1. The van der Waals surface area contributed by atoms with Crippen molar-refractivity contribution in [3.63, 3.8) is 0 Å². The summed E-state index contributed by atoms with van der Waals surface area (Å²) in [5.41, 5.74) is 1.12. The molecule has 1 aromatic rings. The second-order valence-electron chi connectivity index (χ2n) is 8.98. The lowest BCUT2D eigenvalue weighted by molar-refractivity contribution is -0.122. The number of hydrogen-bond acceptors (Lipinski definition) is 4. The van der Waals surface area contributed by atoms with Crippen molar-refractivity contribution in [2.45, 2.75) is 70.9 Å². The molecule has 0 aromatic heterocycles. The summed E-state index contributed by atoms with van der Waals surface area (Å²) in [6, 6.07) is 9.55. The molecular weight excluding hydrogens is 342 g/mol. The number of carbonyl (C=O) groups is 2. The molecule has 1 aliphatic heterocycles. The van der Waals surface area contributed by atoms with E-state index >= 15 is 0 Å². The number of Topliss-reactive ketones (excluding diaryl/α,β-unsaturated/α-hetero) is 1. The molecule has 1 aliphatic rings. The molecule has 1 fully saturated rings. The average molecular weight is 376 g/mol. The quantitative estimate of drug-likeness (QED) is 0.533. The van der Waals surface area contributed by atoms with Gasteiger partial charge < -0.3 is 9.22 Å². The van der Waals surface area contributed by atoms with Crippen molar-refractivity contribution in [2.75, 3.05) is 6.61 Å². The van der Waals surface area contributed by atoms with E-state index in [0.29, 0.717) is 19.6 Å². The molecular formula is C21H33NO3Si. The number of benzene rings is 1. The van der Waals surface area contributed by atoms with Gasteiger partial charge in [-0.05, 0) is 37.0 Å². The molecule has 3 unspecified atom stereocenters. The van der Waals surface area contributed by atoms with E-state index in [1.807, 2.05) is 30.3 Å². The summed E-state index contributed by atoms with van der Waals surface area (Å²) in [4.78, 5) is 26.2. The molecule has 4 nitrogen and oxygen atoms in total. The van der Waals surface area contributed by atoms with Gasteiger partial charge in [-0.1, -0.05) is 51.1 Å². The zero-order valence-electron chi connectivity index (χ0n) is 17.0. The number of carbonyl (C=O) groups excluding carboxylic acids is 2. The van der Waals surface area contributed by atoms with E-state index in [-0.39, 0.29) is 28.8 Å². The summed E-state index contributed by atoms with van der Waals surface area (Å²) in [6.07, 6.45) is 1.70. The molecule has 1 saturated heterocycles. The van der Waals surface area contributed by atoms with E-state index in [0.717, 1.165) is 11.8 Å². The second kappa shape index (κ2) is 8.15. The Morgan fingerprint density at radius 1 is 1.27 bits per heavy atom. The van der Waals surface area contributed by atoms with Crippen LogP contribution in [0, 0.1) is 5.92 Å². The van der Waals surface area contributed by atoms with Crippen LogP contribution in [0.25, 0.3) is 0 Å². The van der Waals surface area contributed by atoms with E-state index in [1.54, 1.807) is 6.92 Å². The minimum Gasteiger partial charge on any atom is -0.416 e. The Morgan fingerprint density at radius 3 is 2.38 bits per heavy atom. The van der Waals surface area contributed by atoms with Crippen molar-refractivity contribution < 1.29 is 14.0 Å². The van der Waals surface area contributed by atoms with Crippen LogP contribution in [-0.2, 0) is 20.6 Å². The lowest BCUT2D eigenvalue weighted by Gasteiger charge is -2.37. The van der Waals surface area contributed by atoms with Crippen molar-refractivity contribution in [1.82, 2.24) is 4.90 Å². The van der Waals surface area contributed by atoms with Crippen LogP contribution in [0.1, 0.15) is 39.7 Å². The highest BCUT2D eigenvalue weighted by molar-refractivity contribution is 6.74. The lowest BCUT2D eigenvalue weighted by atomic mass is 10.00. The fourth-order valence-corrected chi connectivity index (χ4v) is 4.40. The Labute approximate surface area is 159 Å². The summed E-state index contributed by atoms with van der Waals surface area (Å²) in [5, 5.41) is 0.131. The van der Waals surface area contributed by atoms with Crippen LogP contribution >= 0.6 is 0 Å². The minimum atomic E-state index is -1.88. The van der Waals surface area contributed by atoms with Crippen molar-refractivity contribution in [3.8, 4) is 0 Å². The van der Waals surface area contributed by atoms with Crippen LogP contribution in [-0.4, -0.2) is 44.0 Å². The highest BCUT2D eigenvalue weighted by atomic mass is 28.4. The maximum atomic E-state index is 12.2. The van der Waals surface area contributed by atoms with Gasteiger partial charge in [-0.15, -0.1) is 0 Å². The first-order chi connectivity index (χ1) is 12.1. The third kappa shape index (κ3) is 4.70. The van der Waals surface area contributed by atoms with Crippen molar-refractivity contribution >= 4 is 20.4 Å². The van der Waals surface area contributed by atoms with Gasteiger partial charge >= 0.3 is 0 Å². The van der Waals surface area contributed by atoms with E-state index in [4.69, 9.17) is 4.43 Å². The van der Waals surface area contributed by atoms with Crippen LogP contribution in [0.5, 0.6) is 0 Å². The van der Waals surface area contributed by atoms with Gasteiger partial charge in [0.2, 0.25) is 0 Å². The summed E-state index contributed by atoms with van der Waals surface area (Å²) in [5.74, 6) is 0.196. The van der Waals surface area contributed by atoms with Gasteiger partial charge in [-0.3, -0.25) is 9.69 Å². The fourth-order valence-electron chi connectivity index (χ4n) is 3.34. The van der Waals surface area contributed by atoms with Gasteiger partial charge in [0.05, 0.1) is 12.1 Å². The Balaban J connectivity index is 2.16. The average Bonchev–Trinajstić information content (AvgIpc) is 2.90. The Bertz CT molecular complexity index is 624. The molecule has 0 saturated carbocycles. The lowest BCUT2D eigenvalue weighted by Crippen LogP contribution is -2.44. The van der Waals surface area contributed by atoms with Crippen molar-refractivity contribution in [1.29, 1.82) is 0 Å². The Kier molecular flexibility index (Phi) is 6.59. The largest absolute Gasteiger partial charge is 0.416 e. The van der Waals surface area contributed by atoms with Crippen molar-refractivity contribution in [3.05, 3.63) is 35.9 Å². The predicted octanol–water partition coefficient (Wildman–Crippen LogP) is 4.06. The third-order valence-corrected chi connectivity index (χ3v) is 10.6. The molecule has 0 radical (unpaired) electrons. The fraction of sp³-hybridized carbons (Fsp3) is 0.619. The van der Waals surface area contributed by atoms with Gasteiger partial charge in [0.25, 0.3) is 0 Å². The van der Waals surface area contributed by atoms with Crippen LogP contribution in [0.3, 0.4) is 0 Å². The SMILES string of the molecule is CC(=O)C1CC(CO[Si](C)(C)C(C)(C)C)C(C=O)N1Cc1ccccc1. The number of hydrogen-bond donors (Lipinski definition) is 0. The zero-order valence-corrected chi connectivity index (χ0v) is 18.0. The summed E-state index contributed by atoms with van der Waals surface area (Å²) in [6.45, 7) is 13.9. The van der Waals surface area contributed by atoms with E-state index < -0.39 is 8.32 Å². The maximum absolute atomic E-state index is 12.2. The van der Waals surface area contributed by atoms with Crippen LogP contribution < -0.4 is 0 Å². The Morgan fingerprint density at radius 2 is 1.88 bits per heavy atom. The molecule has 1 aromatic carbocycles. The molecule has 0 aliphatic carbocycles. The summed E-state index contributed by atoms with van der Waals surface area (Å²) in [7, 11) is -1.88. The summed E-state index contributed by atoms with van der Waals surface area (Å²) < 4.78 is 6.38. The van der Waals surface area contributed by atoms with E-state index in [1.165, 1.54) is 0 Å². The topological polar surface area (TPSA) is 46.6 Å². The first-order valence-corrected chi connectivity index (χ1v) is 12.4. The second-order valence-corrected chi connectivity index (χ2v) is 13.8. The minimum absolute atomic E-state index is 0.0687. The van der Waals surface area contributed by atoms with Crippen molar-refractivity contribution in [2.24, 2.45) is 5.92 Å². The number of rotatable bonds is 7. The van der Waals surface area contributed by atoms with Gasteiger partial charge in [0, 0.05) is 19.1 Å². The number of ketones is 1. The normalized spacial score (nSPS) is 24.6. The van der Waals surface area contributed by atoms with Gasteiger partial charge in [-0.2, -0.15) is 0 Å². The zero-order chi connectivity index (χ0) is 19.5. The number of nitrogens with zero attached hydrogens (tertiary/aromatic N) is 1. The monoisotopic (exact) mass is 375 g/mol. The van der Waals surface area contributed by atoms with Crippen LogP contribution in [0.4, 0.5) is 0 Å². The molecule has 0 amide bonds. The Hall–Kier alpha value is -1.30. The molecule has 0 N–H and O–H groups in total. The van der Waals surface area contributed by atoms with E-state index in [2.05, 4.69) is 38.8 Å². The molecule has 144 valence electrons. The highest BCUT2D eigenvalue weighted by Crippen LogP contribution is 2.38. The maximum Gasteiger partial charge on any atom is 0.191 e. The van der Waals surface area contributed by atoms with Gasteiger partial charge in [-0.25, -0.2) is 0 Å². The smallest absolute Gasteiger partial charge is 0.191 e. The standard InChI is InChI=1S/C21H33NO3Si/c1-16(24)19-12-18(15-25-26(5,6)21(2,3)4)20(14-23)22(19)13-17-10-8-7-9-11-17/h7-11,14,18-20H,12-13,15H2,1-6H3. The first kappa shape index (κ1) is 21.0. The molecule has 2 rings (SSSR count). The number of likely N-dealkylation sites (tertiary alicyclic amines) is 1. The molecule has 0 spiro atoms. The van der Waals surface area contributed by atoms with Gasteiger partial charge in [0.1, 0.15) is 12.1 Å². The molecule has 3 atom stereocenters. The molecule has 26 heavy (non-hydrogen) atoms. The highest BCUT2D eigenvalue weighted by Gasteiger charge is 2.45. The van der Waals surface area contributed by atoms with E-state index in [9.17, 15) is 9.59 Å². The third-order valence-electron chi connectivity index (χ3n) is 6.07. The summed E-state index contributed by atoms with van der Waals surface area (Å²) >= 11 is 0. The van der Waals surface area contributed by atoms with Gasteiger partial charge in [0.15, 0.2) is 8.32 Å². The molecule has 5 heteroatoms. The molecule has 0 bridgehead atoms. The predicted molar refractivity (Wildman–Crippen MR) is 108 cm³/mol. The van der Waals surface area contributed by atoms with Crippen LogP contribution in [0.2, 0.25) is 18.1 Å². The molecule has 1 heterocycles.